The van der Waals surface area contributed by atoms with Gasteiger partial charge in [-0.05, 0) is 69.1 Å². The SMILES string of the molecule is Cc1n[nH]c(=S)n1CCNC(=O)Nc1ccc(OC2CCCC2)cc1. The molecule has 7 nitrogen and oxygen atoms in total. The molecule has 25 heavy (non-hydrogen) atoms. The first-order chi connectivity index (χ1) is 12.1. The predicted molar refractivity (Wildman–Crippen MR) is 98.5 cm³/mol. The number of nitrogens with one attached hydrogen (secondary N) is 3. The van der Waals surface area contributed by atoms with Crippen molar-refractivity contribution in [3.8, 4) is 5.75 Å². The van der Waals surface area contributed by atoms with Crippen LogP contribution in [0.4, 0.5) is 10.5 Å². The second-order valence-electron chi connectivity index (χ2n) is 6.16. The highest BCUT2D eigenvalue weighted by atomic mass is 32.1. The smallest absolute Gasteiger partial charge is 0.319 e. The molecule has 0 unspecified atom stereocenters. The van der Waals surface area contributed by atoms with Crippen molar-refractivity contribution in [1.82, 2.24) is 20.1 Å². The third kappa shape index (κ3) is 4.82. The van der Waals surface area contributed by atoms with Crippen molar-refractivity contribution in [2.45, 2.75) is 45.3 Å². The van der Waals surface area contributed by atoms with E-state index in [0.717, 1.165) is 30.1 Å². The Labute approximate surface area is 151 Å². The van der Waals surface area contributed by atoms with Crippen molar-refractivity contribution >= 4 is 23.9 Å². The van der Waals surface area contributed by atoms with Gasteiger partial charge in [0.1, 0.15) is 11.6 Å². The van der Waals surface area contributed by atoms with E-state index in [9.17, 15) is 4.79 Å². The number of rotatable bonds is 6. The molecule has 1 aliphatic rings. The molecule has 1 saturated carbocycles. The van der Waals surface area contributed by atoms with Crippen molar-refractivity contribution in [3.05, 3.63) is 34.9 Å². The quantitative estimate of drug-likeness (QED) is 0.689. The molecule has 8 heteroatoms. The molecule has 2 amide bonds. The van der Waals surface area contributed by atoms with Gasteiger partial charge in [-0.3, -0.25) is 5.10 Å². The van der Waals surface area contributed by atoms with Gasteiger partial charge in [-0.25, -0.2) is 4.79 Å². The Balaban J connectivity index is 1.43. The van der Waals surface area contributed by atoms with Gasteiger partial charge in [-0.2, -0.15) is 5.10 Å². The molecule has 0 aliphatic heterocycles. The maximum atomic E-state index is 12.0. The highest BCUT2D eigenvalue weighted by Crippen LogP contribution is 2.24. The lowest BCUT2D eigenvalue weighted by atomic mass is 10.3. The normalized spacial score (nSPS) is 14.4. The second-order valence-corrected chi connectivity index (χ2v) is 6.54. The number of amides is 2. The van der Waals surface area contributed by atoms with Crippen LogP contribution in [0.25, 0.3) is 0 Å². The number of carbonyl (C=O) groups excluding carboxylic acids is 1. The van der Waals surface area contributed by atoms with Crippen LogP contribution in [0.15, 0.2) is 24.3 Å². The number of ether oxygens (including phenoxy) is 1. The highest BCUT2D eigenvalue weighted by molar-refractivity contribution is 7.71. The average molecular weight is 361 g/mol. The molecule has 3 rings (SSSR count). The standard InChI is InChI=1S/C17H23N5O2S/c1-12-20-21-17(25)22(12)11-10-18-16(23)19-13-6-8-15(9-7-13)24-14-4-2-3-5-14/h6-9,14H,2-5,10-11H2,1H3,(H,21,25)(H2,18,19,23). The molecular weight excluding hydrogens is 338 g/mol. The van der Waals surface area contributed by atoms with Gasteiger partial charge in [0.15, 0.2) is 4.77 Å². The lowest BCUT2D eigenvalue weighted by molar-refractivity contribution is 0.210. The summed E-state index contributed by atoms with van der Waals surface area (Å²) in [6.45, 7) is 2.90. The monoisotopic (exact) mass is 361 g/mol. The number of aromatic amines is 1. The summed E-state index contributed by atoms with van der Waals surface area (Å²) in [5.41, 5.74) is 0.729. The third-order valence-corrected chi connectivity index (χ3v) is 4.60. The summed E-state index contributed by atoms with van der Waals surface area (Å²) in [4.78, 5) is 12.0. The maximum Gasteiger partial charge on any atom is 0.319 e. The van der Waals surface area contributed by atoms with Gasteiger partial charge in [0.2, 0.25) is 0 Å². The summed E-state index contributed by atoms with van der Waals surface area (Å²) in [7, 11) is 0. The van der Waals surface area contributed by atoms with E-state index in [1.807, 2.05) is 35.8 Å². The Morgan fingerprint density at radius 1 is 1.36 bits per heavy atom. The van der Waals surface area contributed by atoms with Crippen LogP contribution in [0.2, 0.25) is 0 Å². The van der Waals surface area contributed by atoms with Gasteiger partial charge in [-0.1, -0.05) is 0 Å². The Morgan fingerprint density at radius 3 is 2.72 bits per heavy atom. The molecule has 134 valence electrons. The van der Waals surface area contributed by atoms with E-state index in [1.54, 1.807) is 0 Å². The fraction of sp³-hybridized carbons (Fsp3) is 0.471. The van der Waals surface area contributed by atoms with Gasteiger partial charge in [0.25, 0.3) is 0 Å². The number of H-pyrrole nitrogens is 1. The van der Waals surface area contributed by atoms with Crippen LogP contribution in [0.3, 0.4) is 0 Å². The van der Waals surface area contributed by atoms with Crippen molar-refractivity contribution in [2.24, 2.45) is 0 Å². The largest absolute Gasteiger partial charge is 0.490 e. The number of carbonyl (C=O) groups is 1. The van der Waals surface area contributed by atoms with Crippen molar-refractivity contribution in [3.63, 3.8) is 0 Å². The van der Waals surface area contributed by atoms with Crippen molar-refractivity contribution in [1.29, 1.82) is 0 Å². The van der Waals surface area contributed by atoms with Crippen molar-refractivity contribution < 1.29 is 9.53 Å². The van der Waals surface area contributed by atoms with Gasteiger partial charge in [-0.15, -0.1) is 0 Å². The Kier molecular flexibility index (Phi) is 5.70. The molecule has 0 radical (unpaired) electrons. The van der Waals surface area contributed by atoms with Crippen LogP contribution in [-0.2, 0) is 6.54 Å². The van der Waals surface area contributed by atoms with E-state index in [4.69, 9.17) is 17.0 Å². The molecule has 3 N–H and O–H groups in total. The number of aromatic nitrogens is 3. The number of hydrogen-bond acceptors (Lipinski definition) is 4. The number of nitrogens with zero attached hydrogens (tertiary/aromatic N) is 2. The zero-order valence-corrected chi connectivity index (χ0v) is 15.1. The summed E-state index contributed by atoms with van der Waals surface area (Å²) < 4.78 is 8.31. The van der Waals surface area contributed by atoms with Crippen LogP contribution in [0.5, 0.6) is 5.75 Å². The minimum Gasteiger partial charge on any atom is -0.490 e. The van der Waals surface area contributed by atoms with E-state index in [0.29, 0.717) is 24.0 Å². The lowest BCUT2D eigenvalue weighted by Crippen LogP contribution is -2.31. The van der Waals surface area contributed by atoms with E-state index in [2.05, 4.69) is 20.8 Å². The van der Waals surface area contributed by atoms with Gasteiger partial charge in [0, 0.05) is 18.8 Å². The molecule has 0 spiro atoms. The lowest BCUT2D eigenvalue weighted by Gasteiger charge is -2.13. The van der Waals surface area contributed by atoms with E-state index >= 15 is 0 Å². The number of aryl methyl sites for hydroxylation is 1. The number of hydrogen-bond donors (Lipinski definition) is 3. The number of benzene rings is 1. The third-order valence-electron chi connectivity index (χ3n) is 4.29. The number of anilines is 1. The molecule has 1 heterocycles. The molecule has 2 aromatic rings. The van der Waals surface area contributed by atoms with Gasteiger partial charge in [0.05, 0.1) is 6.10 Å². The number of urea groups is 1. The zero-order valence-electron chi connectivity index (χ0n) is 14.2. The first kappa shape index (κ1) is 17.5. The van der Waals surface area contributed by atoms with E-state index < -0.39 is 0 Å². The zero-order chi connectivity index (χ0) is 17.6. The van der Waals surface area contributed by atoms with Crippen LogP contribution in [-0.4, -0.2) is 33.4 Å². The molecule has 1 aromatic carbocycles. The molecule has 1 aliphatic carbocycles. The van der Waals surface area contributed by atoms with Crippen molar-refractivity contribution in [2.75, 3.05) is 11.9 Å². The molecular formula is C17H23N5O2S. The molecule has 0 saturated heterocycles. The topological polar surface area (TPSA) is 84.0 Å². The Morgan fingerprint density at radius 2 is 2.08 bits per heavy atom. The molecule has 1 fully saturated rings. The van der Waals surface area contributed by atoms with Crippen LogP contribution in [0, 0.1) is 11.7 Å². The fourth-order valence-electron chi connectivity index (χ4n) is 2.93. The minimum absolute atomic E-state index is 0.253. The Bertz CT molecular complexity index is 762. The maximum absolute atomic E-state index is 12.0. The van der Waals surface area contributed by atoms with Gasteiger partial charge < -0.3 is 19.9 Å². The van der Waals surface area contributed by atoms with Crippen LogP contribution in [0.1, 0.15) is 31.5 Å². The summed E-state index contributed by atoms with van der Waals surface area (Å²) in [6, 6.07) is 7.22. The fourth-order valence-corrected chi connectivity index (χ4v) is 3.20. The predicted octanol–water partition coefficient (Wildman–Crippen LogP) is 3.39. The second kappa shape index (κ2) is 8.15. The summed E-state index contributed by atoms with van der Waals surface area (Å²) >= 11 is 5.12. The van der Waals surface area contributed by atoms with E-state index in [1.165, 1.54) is 12.8 Å². The Hall–Kier alpha value is -2.35. The van der Waals surface area contributed by atoms with E-state index in [-0.39, 0.29) is 6.03 Å². The molecule has 0 bridgehead atoms. The minimum atomic E-state index is -0.253. The van der Waals surface area contributed by atoms with Crippen LogP contribution >= 0.6 is 12.2 Å². The molecule has 1 aromatic heterocycles. The van der Waals surface area contributed by atoms with Crippen LogP contribution < -0.4 is 15.4 Å². The average Bonchev–Trinajstić information content (AvgIpc) is 3.21. The first-order valence-corrected chi connectivity index (χ1v) is 8.96. The first-order valence-electron chi connectivity index (χ1n) is 8.55. The van der Waals surface area contributed by atoms with Gasteiger partial charge >= 0.3 is 6.03 Å². The molecule has 0 atom stereocenters. The summed E-state index contributed by atoms with van der Waals surface area (Å²) in [5.74, 6) is 1.65. The summed E-state index contributed by atoms with van der Waals surface area (Å²) in [5, 5.41) is 12.4. The summed E-state index contributed by atoms with van der Waals surface area (Å²) in [6.07, 6.45) is 5.08. The highest BCUT2D eigenvalue weighted by Gasteiger charge is 2.16.